The van der Waals surface area contributed by atoms with E-state index in [-0.39, 0.29) is 12.5 Å². The third-order valence-electron chi connectivity index (χ3n) is 4.13. The average molecular weight is 391 g/mol. The van der Waals surface area contributed by atoms with Crippen LogP contribution in [0, 0.1) is 13.8 Å². The van der Waals surface area contributed by atoms with Gasteiger partial charge in [0.25, 0.3) is 0 Å². The summed E-state index contributed by atoms with van der Waals surface area (Å²) in [6, 6.07) is 13.8. The lowest BCUT2D eigenvalue weighted by Gasteiger charge is -2.28. The van der Waals surface area contributed by atoms with Gasteiger partial charge in [-0.1, -0.05) is 35.9 Å². The number of anilines is 1. The highest BCUT2D eigenvalue weighted by atomic mass is 32.2. The molecule has 146 valence electrons. The predicted molar refractivity (Wildman–Crippen MR) is 108 cm³/mol. The number of nitrogens with zero attached hydrogens (tertiary/aromatic N) is 1. The van der Waals surface area contributed by atoms with Gasteiger partial charge in [0.2, 0.25) is 15.9 Å². The van der Waals surface area contributed by atoms with Gasteiger partial charge in [-0.25, -0.2) is 8.42 Å². The summed E-state index contributed by atoms with van der Waals surface area (Å²) in [4.78, 5) is 12.5. The van der Waals surface area contributed by atoms with Crippen LogP contribution in [0.5, 0.6) is 5.75 Å². The zero-order valence-electron chi connectivity index (χ0n) is 16.1. The first-order valence-corrected chi connectivity index (χ1v) is 10.6. The smallest absolute Gasteiger partial charge is 0.243 e. The van der Waals surface area contributed by atoms with Crippen molar-refractivity contribution in [3.8, 4) is 5.75 Å². The van der Waals surface area contributed by atoms with Gasteiger partial charge < -0.3 is 10.1 Å². The molecule has 0 aliphatic rings. The minimum absolute atomic E-state index is 0.281. The van der Waals surface area contributed by atoms with Crippen molar-refractivity contribution in [2.45, 2.75) is 26.8 Å². The molecule has 0 heterocycles. The summed E-state index contributed by atoms with van der Waals surface area (Å²) in [5.74, 6) is 0.381. The van der Waals surface area contributed by atoms with E-state index in [9.17, 15) is 13.2 Å². The van der Waals surface area contributed by atoms with E-state index in [1.165, 1.54) is 0 Å². The predicted octanol–water partition coefficient (Wildman–Crippen LogP) is 2.65. The SMILES string of the molecule is Cc1ccc(N(C(C)C(=O)NCCOc2ccccc2C)S(C)(=O)=O)cc1. The minimum atomic E-state index is -3.61. The number of ether oxygens (including phenoxy) is 1. The molecular formula is C20H26N2O4S. The number of hydrogen-bond donors (Lipinski definition) is 1. The second-order valence-electron chi connectivity index (χ2n) is 6.48. The summed E-state index contributed by atoms with van der Waals surface area (Å²) < 4.78 is 31.2. The molecule has 2 aromatic carbocycles. The first kappa shape index (κ1) is 20.8. The Bertz CT molecular complexity index is 879. The summed E-state index contributed by atoms with van der Waals surface area (Å²) >= 11 is 0. The Kier molecular flexibility index (Phi) is 6.85. The van der Waals surface area contributed by atoms with E-state index in [4.69, 9.17) is 4.74 Å². The van der Waals surface area contributed by atoms with E-state index < -0.39 is 16.1 Å². The number of hydrogen-bond acceptors (Lipinski definition) is 4. The molecule has 0 bridgehead atoms. The van der Waals surface area contributed by atoms with Crippen molar-refractivity contribution in [2.75, 3.05) is 23.7 Å². The summed E-state index contributed by atoms with van der Waals surface area (Å²) in [5, 5.41) is 2.74. The molecule has 0 fully saturated rings. The van der Waals surface area contributed by atoms with Gasteiger partial charge in [0.1, 0.15) is 18.4 Å². The molecule has 0 radical (unpaired) electrons. The van der Waals surface area contributed by atoms with Crippen molar-refractivity contribution in [1.82, 2.24) is 5.32 Å². The molecule has 2 aromatic rings. The van der Waals surface area contributed by atoms with Crippen LogP contribution in [0.15, 0.2) is 48.5 Å². The number of para-hydroxylation sites is 1. The highest BCUT2D eigenvalue weighted by Gasteiger charge is 2.28. The Hall–Kier alpha value is -2.54. The van der Waals surface area contributed by atoms with Gasteiger partial charge in [-0.15, -0.1) is 0 Å². The summed E-state index contributed by atoms with van der Waals surface area (Å²) in [6.07, 6.45) is 1.10. The summed E-state index contributed by atoms with van der Waals surface area (Å²) in [5.41, 5.74) is 2.49. The quantitative estimate of drug-likeness (QED) is 0.703. The summed E-state index contributed by atoms with van der Waals surface area (Å²) in [6.45, 7) is 6.01. The van der Waals surface area contributed by atoms with E-state index in [1.54, 1.807) is 19.1 Å². The Morgan fingerprint density at radius 1 is 1.11 bits per heavy atom. The van der Waals surface area contributed by atoms with Crippen LogP contribution in [0.3, 0.4) is 0 Å². The Balaban J connectivity index is 1.98. The Labute approximate surface area is 161 Å². The van der Waals surface area contributed by atoms with Gasteiger partial charge in [0.05, 0.1) is 18.5 Å². The molecule has 7 heteroatoms. The first-order chi connectivity index (χ1) is 12.7. The Morgan fingerprint density at radius 3 is 2.33 bits per heavy atom. The largest absolute Gasteiger partial charge is 0.491 e. The topological polar surface area (TPSA) is 75.7 Å². The van der Waals surface area contributed by atoms with Crippen LogP contribution in [0.25, 0.3) is 0 Å². The minimum Gasteiger partial charge on any atom is -0.491 e. The van der Waals surface area contributed by atoms with Crippen LogP contribution in [0.4, 0.5) is 5.69 Å². The molecule has 27 heavy (non-hydrogen) atoms. The maximum absolute atomic E-state index is 12.5. The van der Waals surface area contributed by atoms with Gasteiger partial charge in [-0.2, -0.15) is 0 Å². The molecule has 6 nitrogen and oxygen atoms in total. The van der Waals surface area contributed by atoms with Crippen LogP contribution < -0.4 is 14.4 Å². The number of nitrogens with one attached hydrogen (secondary N) is 1. The van der Waals surface area contributed by atoms with Crippen LogP contribution in [0.1, 0.15) is 18.1 Å². The lowest BCUT2D eigenvalue weighted by molar-refractivity contribution is -0.121. The lowest BCUT2D eigenvalue weighted by Crippen LogP contribution is -2.48. The fourth-order valence-electron chi connectivity index (χ4n) is 2.70. The van der Waals surface area contributed by atoms with E-state index >= 15 is 0 Å². The van der Waals surface area contributed by atoms with Gasteiger partial charge in [-0.05, 0) is 44.5 Å². The second kappa shape index (κ2) is 8.90. The fraction of sp³-hybridized carbons (Fsp3) is 0.350. The normalized spacial score (nSPS) is 12.3. The molecule has 2 rings (SSSR count). The molecule has 0 aliphatic carbocycles. The molecule has 0 spiro atoms. The van der Waals surface area contributed by atoms with Gasteiger partial charge in [-0.3, -0.25) is 9.10 Å². The number of carbonyl (C=O) groups is 1. The molecule has 0 saturated carbocycles. The van der Waals surface area contributed by atoms with Crippen molar-refractivity contribution in [2.24, 2.45) is 0 Å². The van der Waals surface area contributed by atoms with Crippen LogP contribution in [-0.4, -0.2) is 39.8 Å². The molecule has 0 aromatic heterocycles. The maximum Gasteiger partial charge on any atom is 0.243 e. The highest BCUT2D eigenvalue weighted by molar-refractivity contribution is 7.92. The van der Waals surface area contributed by atoms with Gasteiger partial charge >= 0.3 is 0 Å². The van der Waals surface area contributed by atoms with Crippen molar-refractivity contribution in [3.63, 3.8) is 0 Å². The Morgan fingerprint density at radius 2 is 1.74 bits per heavy atom. The van der Waals surface area contributed by atoms with Crippen LogP contribution in [-0.2, 0) is 14.8 Å². The van der Waals surface area contributed by atoms with Crippen molar-refractivity contribution in [3.05, 3.63) is 59.7 Å². The zero-order valence-corrected chi connectivity index (χ0v) is 16.9. The second-order valence-corrected chi connectivity index (χ2v) is 8.33. The molecule has 1 amide bonds. The number of rotatable bonds is 8. The maximum atomic E-state index is 12.5. The standard InChI is InChI=1S/C20H26N2O4S/c1-15-9-11-18(12-10-15)22(27(4,24)25)17(3)20(23)21-13-14-26-19-8-6-5-7-16(19)2/h5-12,17H,13-14H2,1-4H3,(H,21,23). The van der Waals surface area contributed by atoms with Crippen molar-refractivity contribution in [1.29, 1.82) is 0 Å². The van der Waals surface area contributed by atoms with E-state index in [1.807, 2.05) is 50.2 Å². The van der Waals surface area contributed by atoms with Gasteiger partial charge in [0, 0.05) is 0 Å². The number of aryl methyl sites for hydroxylation is 2. The lowest BCUT2D eigenvalue weighted by atomic mass is 10.2. The highest BCUT2D eigenvalue weighted by Crippen LogP contribution is 2.21. The third kappa shape index (κ3) is 5.72. The van der Waals surface area contributed by atoms with E-state index in [2.05, 4.69) is 5.32 Å². The fourth-order valence-corrected chi connectivity index (χ4v) is 3.88. The van der Waals surface area contributed by atoms with E-state index in [0.717, 1.165) is 27.4 Å². The molecular weight excluding hydrogens is 364 g/mol. The molecule has 0 aliphatic heterocycles. The molecule has 1 N–H and O–H groups in total. The van der Waals surface area contributed by atoms with Crippen molar-refractivity contribution >= 4 is 21.6 Å². The molecule has 1 unspecified atom stereocenters. The zero-order chi connectivity index (χ0) is 20.0. The summed E-state index contributed by atoms with van der Waals surface area (Å²) in [7, 11) is -3.61. The van der Waals surface area contributed by atoms with Crippen LogP contribution in [0.2, 0.25) is 0 Å². The molecule has 0 saturated heterocycles. The van der Waals surface area contributed by atoms with Crippen molar-refractivity contribution < 1.29 is 17.9 Å². The molecule has 1 atom stereocenters. The average Bonchev–Trinajstić information content (AvgIpc) is 2.60. The number of carbonyl (C=O) groups excluding carboxylic acids is 1. The van der Waals surface area contributed by atoms with Crippen LogP contribution >= 0.6 is 0 Å². The first-order valence-electron chi connectivity index (χ1n) is 8.72. The van der Waals surface area contributed by atoms with E-state index in [0.29, 0.717) is 12.3 Å². The number of sulfonamides is 1. The number of benzene rings is 2. The monoisotopic (exact) mass is 390 g/mol. The third-order valence-corrected chi connectivity index (χ3v) is 5.37. The number of amides is 1. The van der Waals surface area contributed by atoms with Gasteiger partial charge in [0.15, 0.2) is 0 Å².